The fourth-order valence-electron chi connectivity index (χ4n) is 1.31. The van der Waals surface area contributed by atoms with E-state index in [9.17, 15) is 9.59 Å². The first kappa shape index (κ1) is 15.7. The Morgan fingerprint density at radius 3 is 2.06 bits per heavy atom. The molecule has 0 aromatic rings. The van der Waals surface area contributed by atoms with E-state index in [1.807, 2.05) is 21.1 Å². The molecule has 17 heavy (non-hydrogen) atoms. The first-order valence-electron chi connectivity index (χ1n) is 5.49. The molecule has 0 fully saturated rings. The van der Waals surface area contributed by atoms with Crippen molar-refractivity contribution in [2.24, 2.45) is 0 Å². The molecule has 0 amide bonds. The average Bonchev–Trinajstić information content (AvgIpc) is 1.95. The number of rotatable bonds is 6. The van der Waals surface area contributed by atoms with Crippen molar-refractivity contribution in [1.29, 1.82) is 0 Å². The monoisotopic (exact) mass is 248 g/mol. The molecule has 6 heteroatoms. The lowest BCUT2D eigenvalue weighted by Gasteiger charge is -2.28. The zero-order valence-electron chi connectivity index (χ0n) is 11.1. The van der Waals surface area contributed by atoms with E-state index in [0.717, 1.165) is 0 Å². The number of aliphatic carboxylic acids is 1. The smallest absolute Gasteiger partial charge is 0.481 e. The highest BCUT2D eigenvalue weighted by atomic mass is 16.7. The number of carbonyl (C=O) groups is 2. The van der Waals surface area contributed by atoms with Gasteiger partial charge >= 0.3 is 12.1 Å². The molecular formula is C11H22NO5+. The van der Waals surface area contributed by atoms with E-state index in [1.165, 1.54) is 0 Å². The maximum atomic E-state index is 11.3. The van der Waals surface area contributed by atoms with Gasteiger partial charge in [0.1, 0.15) is 6.54 Å². The molecule has 0 aliphatic carbocycles. The van der Waals surface area contributed by atoms with Crippen molar-refractivity contribution < 1.29 is 28.7 Å². The Morgan fingerprint density at radius 2 is 1.71 bits per heavy atom. The predicted octanol–water partition coefficient (Wildman–Crippen LogP) is 1.10. The Bertz CT molecular complexity index is 270. The molecule has 0 spiro atoms. The number of nitrogens with zero attached hydrogens (tertiary/aromatic N) is 1. The van der Waals surface area contributed by atoms with E-state index in [1.54, 1.807) is 13.8 Å². The number of carbonyl (C=O) groups excluding carboxylic acids is 1. The molecule has 0 aromatic carbocycles. The van der Waals surface area contributed by atoms with Gasteiger partial charge in [-0.25, -0.2) is 4.79 Å². The maximum Gasteiger partial charge on any atom is 0.509 e. The standard InChI is InChI=1S/C11H21NO5/c1-8(2)16-11(15)17-9(6-10(13)14)7-12(3,4)5/h8-9H,6-7H2,1-5H3/p+1. The summed E-state index contributed by atoms with van der Waals surface area (Å²) in [5.74, 6) is -0.999. The summed E-state index contributed by atoms with van der Waals surface area (Å²) in [5.41, 5.74) is 0. The SMILES string of the molecule is CC(C)OC(=O)OC(CC(=O)O)C[N+](C)(C)C. The molecule has 6 nitrogen and oxygen atoms in total. The number of ether oxygens (including phenoxy) is 2. The summed E-state index contributed by atoms with van der Waals surface area (Å²) in [7, 11) is 5.68. The van der Waals surface area contributed by atoms with Crippen molar-refractivity contribution in [3.05, 3.63) is 0 Å². The minimum Gasteiger partial charge on any atom is -0.481 e. The highest BCUT2D eigenvalue weighted by Crippen LogP contribution is 2.07. The molecule has 100 valence electrons. The largest absolute Gasteiger partial charge is 0.509 e. The second-order valence-electron chi connectivity index (χ2n) is 5.23. The first-order chi connectivity index (χ1) is 7.60. The molecule has 0 aliphatic rings. The molecule has 0 aromatic heterocycles. The van der Waals surface area contributed by atoms with Gasteiger partial charge in [-0.2, -0.15) is 0 Å². The lowest BCUT2D eigenvalue weighted by molar-refractivity contribution is -0.873. The van der Waals surface area contributed by atoms with E-state index < -0.39 is 18.2 Å². The topological polar surface area (TPSA) is 72.8 Å². The Labute approximate surface area is 102 Å². The zero-order chi connectivity index (χ0) is 13.6. The highest BCUT2D eigenvalue weighted by molar-refractivity contribution is 5.68. The van der Waals surface area contributed by atoms with Crippen molar-refractivity contribution in [2.45, 2.75) is 32.5 Å². The minimum absolute atomic E-state index is 0.220. The lowest BCUT2D eigenvalue weighted by Crippen LogP contribution is -2.44. The summed E-state index contributed by atoms with van der Waals surface area (Å²) in [5, 5.41) is 8.74. The van der Waals surface area contributed by atoms with E-state index in [4.69, 9.17) is 14.6 Å². The predicted molar refractivity (Wildman–Crippen MR) is 61.6 cm³/mol. The van der Waals surface area contributed by atoms with Gasteiger partial charge in [-0.1, -0.05) is 0 Å². The van der Waals surface area contributed by atoms with Gasteiger partial charge in [-0.3, -0.25) is 4.79 Å². The molecule has 0 bridgehead atoms. The summed E-state index contributed by atoms with van der Waals surface area (Å²) in [6.07, 6.45) is -2.00. The second kappa shape index (κ2) is 6.44. The molecule has 0 aliphatic heterocycles. The quantitative estimate of drug-likeness (QED) is 0.563. The van der Waals surface area contributed by atoms with Gasteiger partial charge in [-0.05, 0) is 13.8 Å². The number of hydrogen-bond donors (Lipinski definition) is 1. The zero-order valence-corrected chi connectivity index (χ0v) is 11.1. The summed E-state index contributed by atoms with van der Waals surface area (Å²) < 4.78 is 10.3. The molecule has 0 saturated carbocycles. The molecule has 0 heterocycles. The molecule has 0 radical (unpaired) electrons. The van der Waals surface area contributed by atoms with Crippen LogP contribution in [0.4, 0.5) is 4.79 Å². The first-order valence-corrected chi connectivity index (χ1v) is 5.49. The van der Waals surface area contributed by atoms with E-state index >= 15 is 0 Å². The normalized spacial score (nSPS) is 13.3. The number of likely N-dealkylation sites (N-methyl/N-ethyl adjacent to an activating group) is 1. The van der Waals surface area contributed by atoms with E-state index in [0.29, 0.717) is 11.0 Å². The van der Waals surface area contributed by atoms with Crippen molar-refractivity contribution in [1.82, 2.24) is 0 Å². The van der Waals surface area contributed by atoms with Crippen LogP contribution in [0.3, 0.4) is 0 Å². The third-order valence-electron chi connectivity index (χ3n) is 1.75. The van der Waals surface area contributed by atoms with Gasteiger partial charge in [0, 0.05) is 0 Å². The molecule has 1 N–H and O–H groups in total. The Balaban J connectivity index is 4.38. The Kier molecular flexibility index (Phi) is 5.95. The molecular weight excluding hydrogens is 226 g/mol. The van der Waals surface area contributed by atoms with Gasteiger partial charge in [0.2, 0.25) is 0 Å². The number of quaternary nitrogens is 1. The van der Waals surface area contributed by atoms with Crippen LogP contribution in [0.1, 0.15) is 20.3 Å². The third kappa shape index (κ3) is 9.62. The van der Waals surface area contributed by atoms with Gasteiger partial charge in [0.05, 0.1) is 33.7 Å². The second-order valence-corrected chi connectivity index (χ2v) is 5.23. The number of hydrogen-bond acceptors (Lipinski definition) is 4. The van der Waals surface area contributed by atoms with Gasteiger partial charge in [0.25, 0.3) is 0 Å². The fourth-order valence-corrected chi connectivity index (χ4v) is 1.31. The highest BCUT2D eigenvalue weighted by Gasteiger charge is 2.25. The van der Waals surface area contributed by atoms with Crippen LogP contribution in [0.15, 0.2) is 0 Å². The maximum absolute atomic E-state index is 11.3. The number of carboxylic acid groups (broad SMARTS) is 1. The fraction of sp³-hybridized carbons (Fsp3) is 0.818. The summed E-state index contributed by atoms with van der Waals surface area (Å²) in [4.78, 5) is 21.9. The number of carboxylic acids is 1. The van der Waals surface area contributed by atoms with Crippen molar-refractivity contribution in [3.63, 3.8) is 0 Å². The van der Waals surface area contributed by atoms with Crippen LogP contribution in [-0.4, -0.2) is 61.6 Å². The third-order valence-corrected chi connectivity index (χ3v) is 1.75. The van der Waals surface area contributed by atoms with Gasteiger partial charge in [0.15, 0.2) is 6.10 Å². The van der Waals surface area contributed by atoms with Gasteiger partial charge in [-0.15, -0.1) is 0 Å². The molecule has 1 unspecified atom stereocenters. The van der Waals surface area contributed by atoms with Crippen LogP contribution >= 0.6 is 0 Å². The summed E-state index contributed by atoms with van der Waals surface area (Å²) in [6.45, 7) is 3.82. The van der Waals surface area contributed by atoms with Crippen LogP contribution in [0.25, 0.3) is 0 Å². The van der Waals surface area contributed by atoms with Crippen LogP contribution in [-0.2, 0) is 14.3 Å². The molecule has 0 saturated heterocycles. The Hall–Kier alpha value is -1.30. The molecule has 1 atom stereocenters. The van der Waals surface area contributed by atoms with Gasteiger partial charge < -0.3 is 19.1 Å². The van der Waals surface area contributed by atoms with E-state index in [-0.39, 0.29) is 12.5 Å². The average molecular weight is 248 g/mol. The van der Waals surface area contributed by atoms with Crippen molar-refractivity contribution >= 4 is 12.1 Å². The molecule has 0 rings (SSSR count). The Morgan fingerprint density at radius 1 is 1.18 bits per heavy atom. The minimum atomic E-state index is -0.999. The van der Waals surface area contributed by atoms with Crippen LogP contribution in [0.2, 0.25) is 0 Å². The van der Waals surface area contributed by atoms with Crippen molar-refractivity contribution in [3.8, 4) is 0 Å². The van der Waals surface area contributed by atoms with E-state index in [2.05, 4.69) is 0 Å². The van der Waals surface area contributed by atoms with Crippen LogP contribution in [0, 0.1) is 0 Å². The summed E-state index contributed by atoms with van der Waals surface area (Å²) in [6, 6.07) is 0. The summed E-state index contributed by atoms with van der Waals surface area (Å²) >= 11 is 0. The van der Waals surface area contributed by atoms with Crippen LogP contribution in [0.5, 0.6) is 0 Å². The van der Waals surface area contributed by atoms with Crippen molar-refractivity contribution in [2.75, 3.05) is 27.7 Å². The lowest BCUT2D eigenvalue weighted by atomic mass is 10.2. The van der Waals surface area contributed by atoms with Crippen LogP contribution < -0.4 is 0 Å².